The SMILES string of the molecule is CC(C)[C@H](C(=O)F)N(C(=O)O)C(C)(C)C. The van der Waals surface area contributed by atoms with E-state index in [9.17, 15) is 14.0 Å². The summed E-state index contributed by atoms with van der Waals surface area (Å²) in [7, 11) is 0. The van der Waals surface area contributed by atoms with Gasteiger partial charge in [0.2, 0.25) is 0 Å². The second-order valence-corrected chi connectivity index (χ2v) is 4.82. The van der Waals surface area contributed by atoms with Crippen molar-refractivity contribution in [2.45, 2.75) is 46.2 Å². The van der Waals surface area contributed by atoms with Crippen LogP contribution in [0.3, 0.4) is 0 Å². The highest BCUT2D eigenvalue weighted by atomic mass is 19.1. The van der Waals surface area contributed by atoms with Crippen LogP contribution in [0.5, 0.6) is 0 Å². The molecule has 1 amide bonds. The topological polar surface area (TPSA) is 57.6 Å². The van der Waals surface area contributed by atoms with Crippen molar-refractivity contribution in [1.82, 2.24) is 4.90 Å². The molecule has 0 fully saturated rings. The van der Waals surface area contributed by atoms with Crippen LogP contribution in [0, 0.1) is 5.92 Å². The van der Waals surface area contributed by atoms with Gasteiger partial charge >= 0.3 is 12.1 Å². The normalized spacial score (nSPS) is 13.8. The second-order valence-electron chi connectivity index (χ2n) is 4.82. The van der Waals surface area contributed by atoms with E-state index in [1.54, 1.807) is 34.6 Å². The summed E-state index contributed by atoms with van der Waals surface area (Å²) in [6.45, 7) is 8.10. The van der Waals surface area contributed by atoms with Gasteiger partial charge in [0, 0.05) is 5.54 Å². The van der Waals surface area contributed by atoms with Gasteiger partial charge < -0.3 is 5.11 Å². The van der Waals surface area contributed by atoms with Gasteiger partial charge in [0.1, 0.15) is 6.04 Å². The van der Waals surface area contributed by atoms with Crippen molar-refractivity contribution in [3.8, 4) is 0 Å². The van der Waals surface area contributed by atoms with Gasteiger partial charge in [0.15, 0.2) is 0 Å². The van der Waals surface area contributed by atoms with E-state index in [0.717, 1.165) is 4.90 Å². The number of amides is 1. The van der Waals surface area contributed by atoms with Crippen LogP contribution >= 0.6 is 0 Å². The van der Waals surface area contributed by atoms with Crippen molar-refractivity contribution >= 4 is 12.1 Å². The monoisotopic (exact) mass is 219 g/mol. The summed E-state index contributed by atoms with van der Waals surface area (Å²) >= 11 is 0. The Morgan fingerprint density at radius 3 is 1.73 bits per heavy atom. The van der Waals surface area contributed by atoms with Crippen molar-refractivity contribution in [1.29, 1.82) is 0 Å². The minimum absolute atomic E-state index is 0.391. The van der Waals surface area contributed by atoms with E-state index in [2.05, 4.69) is 0 Å². The molecule has 15 heavy (non-hydrogen) atoms. The molecule has 0 saturated carbocycles. The summed E-state index contributed by atoms with van der Waals surface area (Å²) in [5.41, 5.74) is -0.803. The van der Waals surface area contributed by atoms with Crippen LogP contribution < -0.4 is 0 Å². The highest BCUT2D eigenvalue weighted by Gasteiger charge is 2.39. The predicted octanol–water partition coefficient (Wildman–Crippen LogP) is 2.29. The van der Waals surface area contributed by atoms with E-state index >= 15 is 0 Å². The zero-order chi connectivity index (χ0) is 12.4. The van der Waals surface area contributed by atoms with Crippen LogP contribution in [0.1, 0.15) is 34.6 Å². The van der Waals surface area contributed by atoms with Gasteiger partial charge in [0.25, 0.3) is 0 Å². The van der Waals surface area contributed by atoms with Gasteiger partial charge in [-0.2, -0.15) is 4.39 Å². The highest BCUT2D eigenvalue weighted by Crippen LogP contribution is 2.23. The Bertz CT molecular complexity index is 258. The summed E-state index contributed by atoms with van der Waals surface area (Å²) in [5.74, 6) is -0.391. The standard InChI is InChI=1S/C10H18FNO3/c1-6(2)7(8(11)13)12(9(14)15)10(3,4)5/h6-7H,1-5H3,(H,14,15)/t7-/m1/s1. The highest BCUT2D eigenvalue weighted by molar-refractivity contribution is 5.80. The lowest BCUT2D eigenvalue weighted by Gasteiger charge is -2.39. The number of rotatable bonds is 3. The van der Waals surface area contributed by atoms with E-state index in [1.807, 2.05) is 0 Å². The average Bonchev–Trinajstić information content (AvgIpc) is 1.94. The maximum absolute atomic E-state index is 12.8. The quantitative estimate of drug-likeness (QED) is 0.741. The molecule has 4 nitrogen and oxygen atoms in total. The minimum Gasteiger partial charge on any atom is -0.465 e. The first-order valence-corrected chi connectivity index (χ1v) is 4.80. The zero-order valence-electron chi connectivity index (χ0n) is 9.74. The lowest BCUT2D eigenvalue weighted by molar-refractivity contribution is -0.138. The number of nitrogens with zero attached hydrogens (tertiary/aromatic N) is 1. The lowest BCUT2D eigenvalue weighted by Crippen LogP contribution is -2.55. The third-order valence-corrected chi connectivity index (χ3v) is 2.07. The molecule has 0 aliphatic rings. The van der Waals surface area contributed by atoms with Crippen LogP contribution in [0.4, 0.5) is 9.18 Å². The Labute approximate surface area is 89.1 Å². The molecule has 5 heteroatoms. The number of halogens is 1. The van der Waals surface area contributed by atoms with Gasteiger partial charge in [0.05, 0.1) is 0 Å². The molecule has 0 spiro atoms. The van der Waals surface area contributed by atoms with Gasteiger partial charge in [-0.1, -0.05) is 13.8 Å². The van der Waals surface area contributed by atoms with E-state index in [0.29, 0.717) is 0 Å². The van der Waals surface area contributed by atoms with E-state index in [4.69, 9.17) is 5.11 Å². The number of carbonyl (C=O) groups excluding carboxylic acids is 1. The molecule has 0 bridgehead atoms. The number of carbonyl (C=O) groups is 2. The molecule has 88 valence electrons. The summed E-state index contributed by atoms with van der Waals surface area (Å²) in [6, 6.07) is -2.84. The van der Waals surface area contributed by atoms with Crippen LogP contribution in [-0.4, -0.2) is 33.7 Å². The first-order valence-electron chi connectivity index (χ1n) is 4.80. The first-order chi connectivity index (χ1) is 6.59. The molecule has 0 aromatic heterocycles. The maximum atomic E-state index is 12.8. The van der Waals surface area contributed by atoms with E-state index < -0.39 is 29.6 Å². The Kier molecular flexibility index (Phi) is 4.25. The smallest absolute Gasteiger partial charge is 0.408 e. The number of hydrogen-bond acceptors (Lipinski definition) is 2. The summed E-state index contributed by atoms with van der Waals surface area (Å²) in [5, 5.41) is 8.98. The Morgan fingerprint density at radius 2 is 1.67 bits per heavy atom. The second kappa shape index (κ2) is 4.59. The molecule has 1 atom stereocenters. The minimum atomic E-state index is -1.61. The van der Waals surface area contributed by atoms with Gasteiger partial charge in [-0.3, -0.25) is 9.69 Å². The molecule has 0 aromatic rings. The molecule has 0 rings (SSSR count). The summed E-state index contributed by atoms with van der Waals surface area (Å²) in [4.78, 5) is 22.7. The summed E-state index contributed by atoms with van der Waals surface area (Å²) < 4.78 is 12.8. The van der Waals surface area contributed by atoms with Crippen molar-refractivity contribution in [2.75, 3.05) is 0 Å². The van der Waals surface area contributed by atoms with Gasteiger partial charge in [-0.25, -0.2) is 4.79 Å². The van der Waals surface area contributed by atoms with Crippen LogP contribution in [-0.2, 0) is 4.79 Å². The maximum Gasteiger partial charge on any atom is 0.408 e. The Balaban J connectivity index is 5.21. The third kappa shape index (κ3) is 3.49. The molecule has 0 aliphatic heterocycles. The Hall–Kier alpha value is -1.13. The molecule has 0 aliphatic carbocycles. The average molecular weight is 219 g/mol. The zero-order valence-corrected chi connectivity index (χ0v) is 9.74. The Morgan fingerprint density at radius 1 is 1.27 bits per heavy atom. The molecule has 0 aromatic carbocycles. The van der Waals surface area contributed by atoms with Crippen LogP contribution in [0.2, 0.25) is 0 Å². The predicted molar refractivity (Wildman–Crippen MR) is 54.4 cm³/mol. The largest absolute Gasteiger partial charge is 0.465 e. The fraction of sp³-hybridized carbons (Fsp3) is 0.800. The molecule has 1 N–H and O–H groups in total. The van der Waals surface area contributed by atoms with Crippen molar-refractivity contribution in [3.05, 3.63) is 0 Å². The van der Waals surface area contributed by atoms with Crippen molar-refractivity contribution in [3.63, 3.8) is 0 Å². The molecular formula is C10H18FNO3. The number of carboxylic acid groups (broad SMARTS) is 1. The lowest BCUT2D eigenvalue weighted by atomic mass is 9.97. The number of hydrogen-bond donors (Lipinski definition) is 1. The molecule has 0 radical (unpaired) electrons. The molecule has 0 unspecified atom stereocenters. The molecule has 0 saturated heterocycles. The van der Waals surface area contributed by atoms with Gasteiger partial charge in [-0.05, 0) is 26.7 Å². The van der Waals surface area contributed by atoms with E-state index in [1.165, 1.54) is 0 Å². The fourth-order valence-corrected chi connectivity index (χ4v) is 1.48. The fourth-order valence-electron chi connectivity index (χ4n) is 1.48. The van der Waals surface area contributed by atoms with Crippen molar-refractivity contribution in [2.24, 2.45) is 5.92 Å². The molecular weight excluding hydrogens is 201 g/mol. The van der Waals surface area contributed by atoms with E-state index in [-0.39, 0.29) is 0 Å². The molecule has 0 heterocycles. The van der Waals surface area contributed by atoms with Crippen LogP contribution in [0.25, 0.3) is 0 Å². The third-order valence-electron chi connectivity index (χ3n) is 2.07. The van der Waals surface area contributed by atoms with Crippen LogP contribution in [0.15, 0.2) is 0 Å². The summed E-state index contributed by atoms with van der Waals surface area (Å²) in [6.07, 6.45) is -1.29. The first kappa shape index (κ1) is 13.9. The van der Waals surface area contributed by atoms with Crippen molar-refractivity contribution < 1.29 is 19.1 Å². The van der Waals surface area contributed by atoms with Gasteiger partial charge in [-0.15, -0.1) is 0 Å².